The normalized spacial score (nSPS) is 15.0. The molecule has 27 heavy (non-hydrogen) atoms. The first-order chi connectivity index (χ1) is 13.1. The van der Waals surface area contributed by atoms with Crippen LogP contribution in [0.1, 0.15) is 44.3 Å². The SMILES string of the molecule is Cc1nc2c(N)nc3ccccc3c2n1CCCCNC(=O)C1CCCC1. The number of pyridine rings is 1. The Morgan fingerprint density at radius 1 is 1.22 bits per heavy atom. The second-order valence-corrected chi connectivity index (χ2v) is 7.50. The average Bonchev–Trinajstić information content (AvgIpc) is 3.30. The quantitative estimate of drug-likeness (QED) is 0.654. The lowest BCUT2D eigenvalue weighted by atomic mass is 10.1. The molecule has 1 saturated carbocycles. The number of nitrogen functional groups attached to an aromatic ring is 1. The third-order valence-electron chi connectivity index (χ3n) is 5.63. The van der Waals surface area contributed by atoms with E-state index >= 15 is 0 Å². The van der Waals surface area contributed by atoms with Gasteiger partial charge in [-0.3, -0.25) is 4.79 Å². The maximum Gasteiger partial charge on any atom is 0.223 e. The van der Waals surface area contributed by atoms with Crippen LogP contribution in [0.5, 0.6) is 0 Å². The van der Waals surface area contributed by atoms with E-state index in [4.69, 9.17) is 5.73 Å². The van der Waals surface area contributed by atoms with E-state index in [0.29, 0.717) is 5.82 Å². The molecule has 6 nitrogen and oxygen atoms in total. The first-order valence-electron chi connectivity index (χ1n) is 9.94. The fourth-order valence-electron chi connectivity index (χ4n) is 4.18. The fourth-order valence-corrected chi connectivity index (χ4v) is 4.18. The zero-order valence-corrected chi connectivity index (χ0v) is 15.9. The highest BCUT2D eigenvalue weighted by atomic mass is 16.1. The van der Waals surface area contributed by atoms with Gasteiger partial charge in [0.15, 0.2) is 5.82 Å². The highest BCUT2D eigenvalue weighted by molar-refractivity contribution is 6.06. The molecule has 1 aliphatic rings. The number of amides is 1. The van der Waals surface area contributed by atoms with Gasteiger partial charge < -0.3 is 15.6 Å². The predicted octanol–water partition coefficient (Wildman–Crippen LogP) is 3.56. The van der Waals surface area contributed by atoms with Gasteiger partial charge in [-0.1, -0.05) is 31.0 Å². The number of fused-ring (bicyclic) bond motifs is 3. The van der Waals surface area contributed by atoms with Crippen molar-refractivity contribution in [3.8, 4) is 0 Å². The molecule has 2 heterocycles. The Morgan fingerprint density at radius 2 is 2.00 bits per heavy atom. The molecule has 1 aliphatic carbocycles. The predicted molar refractivity (Wildman–Crippen MR) is 108 cm³/mol. The summed E-state index contributed by atoms with van der Waals surface area (Å²) in [6, 6.07) is 8.05. The summed E-state index contributed by atoms with van der Waals surface area (Å²) in [5, 5.41) is 4.18. The number of anilines is 1. The third kappa shape index (κ3) is 3.48. The van der Waals surface area contributed by atoms with Gasteiger partial charge in [-0.25, -0.2) is 9.97 Å². The lowest BCUT2D eigenvalue weighted by Crippen LogP contribution is -2.30. The van der Waals surface area contributed by atoms with E-state index in [1.165, 1.54) is 12.8 Å². The van der Waals surface area contributed by atoms with Crippen LogP contribution in [0.4, 0.5) is 5.82 Å². The van der Waals surface area contributed by atoms with Crippen molar-refractivity contribution in [3.05, 3.63) is 30.1 Å². The van der Waals surface area contributed by atoms with Gasteiger partial charge >= 0.3 is 0 Å². The number of nitrogens with zero attached hydrogens (tertiary/aromatic N) is 3. The summed E-state index contributed by atoms with van der Waals surface area (Å²) >= 11 is 0. The molecule has 0 radical (unpaired) electrons. The van der Waals surface area contributed by atoms with E-state index in [1.807, 2.05) is 25.1 Å². The molecule has 3 aromatic rings. The van der Waals surface area contributed by atoms with Crippen molar-refractivity contribution in [1.29, 1.82) is 0 Å². The molecule has 0 unspecified atom stereocenters. The smallest absolute Gasteiger partial charge is 0.223 e. The number of aromatic nitrogens is 3. The maximum absolute atomic E-state index is 12.1. The number of unbranched alkanes of at least 4 members (excludes halogenated alkanes) is 1. The van der Waals surface area contributed by atoms with E-state index in [0.717, 1.165) is 66.5 Å². The number of hydrogen-bond donors (Lipinski definition) is 2. The Balaban J connectivity index is 1.44. The molecule has 0 aliphatic heterocycles. The molecule has 2 aromatic heterocycles. The second-order valence-electron chi connectivity index (χ2n) is 7.50. The molecular formula is C21H27N5O. The van der Waals surface area contributed by atoms with Crippen molar-refractivity contribution in [2.75, 3.05) is 12.3 Å². The van der Waals surface area contributed by atoms with Crippen LogP contribution in [0.3, 0.4) is 0 Å². The van der Waals surface area contributed by atoms with Crippen LogP contribution in [0.15, 0.2) is 24.3 Å². The van der Waals surface area contributed by atoms with Gasteiger partial charge in [0.2, 0.25) is 5.91 Å². The average molecular weight is 365 g/mol. The zero-order chi connectivity index (χ0) is 18.8. The summed E-state index contributed by atoms with van der Waals surface area (Å²) in [6.45, 7) is 3.61. The fraction of sp³-hybridized carbons (Fsp3) is 0.476. The molecular weight excluding hydrogens is 338 g/mol. The van der Waals surface area contributed by atoms with Gasteiger partial charge in [-0.05, 0) is 38.7 Å². The van der Waals surface area contributed by atoms with E-state index in [2.05, 4.69) is 25.9 Å². The van der Waals surface area contributed by atoms with Crippen LogP contribution in [-0.4, -0.2) is 27.0 Å². The van der Waals surface area contributed by atoms with Crippen molar-refractivity contribution in [3.63, 3.8) is 0 Å². The number of carbonyl (C=O) groups is 1. The van der Waals surface area contributed by atoms with Crippen molar-refractivity contribution in [2.45, 2.75) is 52.0 Å². The Morgan fingerprint density at radius 3 is 2.81 bits per heavy atom. The number of nitrogens with one attached hydrogen (secondary N) is 1. The van der Waals surface area contributed by atoms with Crippen LogP contribution < -0.4 is 11.1 Å². The van der Waals surface area contributed by atoms with Gasteiger partial charge in [-0.15, -0.1) is 0 Å². The summed E-state index contributed by atoms with van der Waals surface area (Å²) in [5.41, 5.74) is 8.87. The van der Waals surface area contributed by atoms with Crippen molar-refractivity contribution >= 4 is 33.7 Å². The Bertz CT molecular complexity index is 972. The zero-order valence-electron chi connectivity index (χ0n) is 15.9. The Labute approximate surface area is 159 Å². The molecule has 3 N–H and O–H groups in total. The number of nitrogens with two attached hydrogens (primary N) is 1. The minimum absolute atomic E-state index is 0.238. The molecule has 6 heteroatoms. The first-order valence-corrected chi connectivity index (χ1v) is 9.94. The number of imidazole rings is 1. The number of rotatable bonds is 6. The second kappa shape index (κ2) is 7.55. The summed E-state index contributed by atoms with van der Waals surface area (Å²) in [5.74, 6) is 1.91. The van der Waals surface area contributed by atoms with Crippen LogP contribution in [-0.2, 0) is 11.3 Å². The third-order valence-corrected chi connectivity index (χ3v) is 5.63. The van der Waals surface area contributed by atoms with Gasteiger partial charge in [0.1, 0.15) is 11.3 Å². The molecule has 1 aromatic carbocycles. The lowest BCUT2D eigenvalue weighted by Gasteiger charge is -2.11. The van der Waals surface area contributed by atoms with Crippen LogP contribution in [0.2, 0.25) is 0 Å². The number of carbonyl (C=O) groups excluding carboxylic acids is 1. The van der Waals surface area contributed by atoms with E-state index in [-0.39, 0.29) is 11.8 Å². The van der Waals surface area contributed by atoms with E-state index in [1.54, 1.807) is 0 Å². The Hall–Kier alpha value is -2.63. The summed E-state index contributed by atoms with van der Waals surface area (Å²) in [4.78, 5) is 21.2. The standard InChI is InChI=1S/C21H27N5O/c1-14-24-18-19(16-10-4-5-11-17(16)25-20(18)22)26(14)13-7-6-12-23-21(27)15-8-2-3-9-15/h4-5,10-11,15H,2-3,6-9,12-13H2,1H3,(H2,22,25)(H,23,27). The minimum Gasteiger partial charge on any atom is -0.382 e. The van der Waals surface area contributed by atoms with E-state index < -0.39 is 0 Å². The van der Waals surface area contributed by atoms with Gasteiger partial charge in [0, 0.05) is 24.4 Å². The lowest BCUT2D eigenvalue weighted by molar-refractivity contribution is -0.124. The molecule has 0 bridgehead atoms. The summed E-state index contributed by atoms with van der Waals surface area (Å²) in [7, 11) is 0. The molecule has 4 rings (SSSR count). The van der Waals surface area contributed by atoms with Gasteiger partial charge in [-0.2, -0.15) is 0 Å². The number of hydrogen-bond acceptors (Lipinski definition) is 4. The van der Waals surface area contributed by atoms with Gasteiger partial charge in [0.25, 0.3) is 0 Å². The number of benzene rings is 1. The molecule has 0 saturated heterocycles. The van der Waals surface area contributed by atoms with Crippen molar-refractivity contribution < 1.29 is 4.79 Å². The van der Waals surface area contributed by atoms with Crippen molar-refractivity contribution in [1.82, 2.24) is 19.9 Å². The molecule has 1 fully saturated rings. The van der Waals surface area contributed by atoms with Crippen LogP contribution in [0, 0.1) is 12.8 Å². The molecule has 0 atom stereocenters. The molecule has 0 spiro atoms. The first kappa shape index (κ1) is 17.8. The van der Waals surface area contributed by atoms with Crippen molar-refractivity contribution in [2.24, 2.45) is 5.92 Å². The monoisotopic (exact) mass is 365 g/mol. The number of aryl methyl sites for hydroxylation is 2. The topological polar surface area (TPSA) is 85.8 Å². The van der Waals surface area contributed by atoms with Gasteiger partial charge in [0.05, 0.1) is 11.0 Å². The Kier molecular flexibility index (Phi) is 4.97. The summed E-state index contributed by atoms with van der Waals surface area (Å²) < 4.78 is 2.23. The number of para-hydroxylation sites is 1. The molecule has 142 valence electrons. The highest BCUT2D eigenvalue weighted by Gasteiger charge is 2.22. The van der Waals surface area contributed by atoms with Crippen LogP contribution >= 0.6 is 0 Å². The maximum atomic E-state index is 12.1. The largest absolute Gasteiger partial charge is 0.382 e. The van der Waals surface area contributed by atoms with Crippen LogP contribution in [0.25, 0.3) is 21.9 Å². The van der Waals surface area contributed by atoms with E-state index in [9.17, 15) is 4.79 Å². The molecule has 1 amide bonds. The highest BCUT2D eigenvalue weighted by Crippen LogP contribution is 2.29. The summed E-state index contributed by atoms with van der Waals surface area (Å²) in [6.07, 6.45) is 6.42. The minimum atomic E-state index is 0.238.